The van der Waals surface area contributed by atoms with Crippen molar-refractivity contribution in [3.8, 4) is 5.75 Å². The average molecular weight is 314 g/mol. The van der Waals surface area contributed by atoms with Gasteiger partial charge in [-0.05, 0) is 37.9 Å². The van der Waals surface area contributed by atoms with Crippen molar-refractivity contribution in [2.75, 3.05) is 6.54 Å². The molecule has 0 heterocycles. The Balaban J connectivity index is 2.11. The zero-order chi connectivity index (χ0) is 15.5. The van der Waals surface area contributed by atoms with Gasteiger partial charge in [-0.25, -0.2) is 4.39 Å². The van der Waals surface area contributed by atoms with Crippen LogP contribution in [-0.4, -0.2) is 18.7 Å². The maximum Gasteiger partial charge on any atom is 0.183 e. The molecule has 21 heavy (non-hydrogen) atoms. The highest BCUT2D eigenvalue weighted by atomic mass is 35.5. The minimum absolute atomic E-state index is 0.0508. The molecule has 1 N–H and O–H groups in total. The van der Waals surface area contributed by atoms with Crippen LogP contribution >= 0.6 is 11.6 Å². The van der Waals surface area contributed by atoms with Crippen LogP contribution in [0.3, 0.4) is 0 Å². The molecule has 2 atom stereocenters. The van der Waals surface area contributed by atoms with Gasteiger partial charge in [-0.15, -0.1) is 0 Å². The second kappa shape index (κ2) is 6.97. The third-order valence-corrected chi connectivity index (χ3v) is 5.22. The third-order valence-electron chi connectivity index (χ3n) is 4.93. The summed E-state index contributed by atoms with van der Waals surface area (Å²) in [4.78, 5) is 0. The van der Waals surface area contributed by atoms with Gasteiger partial charge in [0.05, 0.1) is 5.02 Å². The molecular formula is C17H25ClFNO. The molecule has 1 aliphatic rings. The number of ether oxygens (including phenoxy) is 1. The smallest absolute Gasteiger partial charge is 0.183 e. The summed E-state index contributed by atoms with van der Waals surface area (Å²) in [5.74, 6) is -0.182. The van der Waals surface area contributed by atoms with E-state index in [2.05, 4.69) is 26.1 Å². The predicted molar refractivity (Wildman–Crippen MR) is 85.5 cm³/mol. The van der Waals surface area contributed by atoms with Crippen LogP contribution in [0.25, 0.3) is 0 Å². The van der Waals surface area contributed by atoms with Gasteiger partial charge in [-0.1, -0.05) is 38.4 Å². The van der Waals surface area contributed by atoms with E-state index in [0.717, 1.165) is 32.2 Å². The molecule has 0 aromatic heterocycles. The van der Waals surface area contributed by atoms with Crippen molar-refractivity contribution in [1.82, 2.24) is 5.32 Å². The first-order valence-corrected chi connectivity index (χ1v) is 8.30. The first-order valence-electron chi connectivity index (χ1n) is 7.93. The highest BCUT2D eigenvalue weighted by molar-refractivity contribution is 6.30. The summed E-state index contributed by atoms with van der Waals surface area (Å²) in [6, 6.07) is 5.39. The predicted octanol–water partition coefficient (Wildman–Crippen LogP) is 4.80. The average Bonchev–Trinajstić information content (AvgIpc) is 2.47. The van der Waals surface area contributed by atoms with E-state index < -0.39 is 5.82 Å². The molecule has 0 radical (unpaired) electrons. The van der Waals surface area contributed by atoms with Crippen molar-refractivity contribution in [2.45, 2.75) is 58.6 Å². The SMILES string of the molecule is CCCNC1CC(Oc2cccc(Cl)c2F)C1(CC)CC. The zero-order valence-electron chi connectivity index (χ0n) is 13.1. The molecule has 1 aliphatic carbocycles. The standard InChI is InChI=1S/C17H25ClFNO/c1-4-10-20-14-11-15(17(14,5-2)6-3)21-13-9-7-8-12(18)16(13)19/h7-9,14-15,20H,4-6,10-11H2,1-3H3. The van der Waals surface area contributed by atoms with Gasteiger partial charge < -0.3 is 10.1 Å². The van der Waals surface area contributed by atoms with E-state index in [-0.39, 0.29) is 22.3 Å². The third kappa shape index (κ3) is 3.04. The Hall–Kier alpha value is -0.800. The van der Waals surface area contributed by atoms with Gasteiger partial charge in [0.15, 0.2) is 11.6 Å². The van der Waals surface area contributed by atoms with E-state index in [1.54, 1.807) is 18.2 Å². The highest BCUT2D eigenvalue weighted by Gasteiger charge is 2.54. The van der Waals surface area contributed by atoms with Gasteiger partial charge in [0.1, 0.15) is 6.10 Å². The molecule has 1 saturated carbocycles. The van der Waals surface area contributed by atoms with Crippen molar-refractivity contribution >= 4 is 11.6 Å². The van der Waals surface area contributed by atoms with Gasteiger partial charge in [0, 0.05) is 17.9 Å². The highest BCUT2D eigenvalue weighted by Crippen LogP contribution is 2.49. The summed E-state index contributed by atoms with van der Waals surface area (Å²) < 4.78 is 20.0. The summed E-state index contributed by atoms with van der Waals surface area (Å²) in [5.41, 5.74) is 0.0872. The number of hydrogen-bond donors (Lipinski definition) is 1. The Bertz CT molecular complexity index is 476. The normalized spacial score (nSPS) is 23.7. The minimum atomic E-state index is -0.453. The van der Waals surface area contributed by atoms with Gasteiger partial charge >= 0.3 is 0 Å². The van der Waals surface area contributed by atoms with Gasteiger partial charge in [-0.2, -0.15) is 0 Å². The van der Waals surface area contributed by atoms with Crippen molar-refractivity contribution < 1.29 is 9.13 Å². The lowest BCUT2D eigenvalue weighted by atomic mass is 9.58. The molecule has 2 rings (SSSR count). The monoisotopic (exact) mass is 313 g/mol. The van der Waals surface area contributed by atoms with E-state index in [4.69, 9.17) is 16.3 Å². The Kier molecular flexibility index (Phi) is 5.50. The van der Waals surface area contributed by atoms with Crippen LogP contribution in [0.4, 0.5) is 4.39 Å². The largest absolute Gasteiger partial charge is 0.487 e. The lowest BCUT2D eigenvalue weighted by Crippen LogP contribution is -2.64. The fraction of sp³-hybridized carbons (Fsp3) is 0.647. The second-order valence-electron chi connectivity index (χ2n) is 5.84. The number of hydrogen-bond acceptors (Lipinski definition) is 2. The number of halogens is 2. The van der Waals surface area contributed by atoms with Gasteiger partial charge in [-0.3, -0.25) is 0 Å². The van der Waals surface area contributed by atoms with Crippen molar-refractivity contribution in [3.05, 3.63) is 29.0 Å². The fourth-order valence-corrected chi connectivity index (χ4v) is 3.61. The van der Waals surface area contributed by atoms with Crippen LogP contribution < -0.4 is 10.1 Å². The summed E-state index contributed by atoms with van der Waals surface area (Å²) in [6.45, 7) is 7.56. The maximum absolute atomic E-state index is 14.0. The van der Waals surface area contributed by atoms with Gasteiger partial charge in [0.2, 0.25) is 0 Å². The lowest BCUT2D eigenvalue weighted by Gasteiger charge is -2.55. The molecule has 0 saturated heterocycles. The molecular weight excluding hydrogens is 289 g/mol. The topological polar surface area (TPSA) is 21.3 Å². The molecule has 1 aromatic rings. The maximum atomic E-state index is 14.0. The minimum Gasteiger partial charge on any atom is -0.487 e. The van der Waals surface area contributed by atoms with Crippen LogP contribution in [-0.2, 0) is 0 Å². The van der Waals surface area contributed by atoms with Crippen LogP contribution in [0.15, 0.2) is 18.2 Å². The Labute approximate surface area is 132 Å². The van der Waals surface area contributed by atoms with Crippen molar-refractivity contribution in [1.29, 1.82) is 0 Å². The van der Waals surface area contributed by atoms with E-state index in [0.29, 0.717) is 6.04 Å². The van der Waals surface area contributed by atoms with E-state index >= 15 is 0 Å². The van der Waals surface area contributed by atoms with Gasteiger partial charge in [0.25, 0.3) is 0 Å². The molecule has 118 valence electrons. The Morgan fingerprint density at radius 1 is 1.33 bits per heavy atom. The zero-order valence-corrected chi connectivity index (χ0v) is 13.8. The molecule has 0 aliphatic heterocycles. The second-order valence-corrected chi connectivity index (χ2v) is 6.25. The van der Waals surface area contributed by atoms with E-state index in [9.17, 15) is 4.39 Å². The molecule has 4 heteroatoms. The summed E-state index contributed by atoms with van der Waals surface area (Å²) in [5, 5.41) is 3.72. The number of rotatable bonds is 7. The quantitative estimate of drug-likeness (QED) is 0.780. The number of nitrogens with one attached hydrogen (secondary N) is 1. The Morgan fingerprint density at radius 3 is 2.67 bits per heavy atom. The number of benzene rings is 1. The molecule has 1 aromatic carbocycles. The van der Waals surface area contributed by atoms with Crippen LogP contribution in [0.1, 0.15) is 46.5 Å². The fourth-order valence-electron chi connectivity index (χ4n) is 3.44. The van der Waals surface area contributed by atoms with Crippen LogP contribution in [0, 0.1) is 11.2 Å². The lowest BCUT2D eigenvalue weighted by molar-refractivity contribution is -0.0871. The van der Waals surface area contributed by atoms with Crippen molar-refractivity contribution in [2.24, 2.45) is 5.41 Å². The first-order chi connectivity index (χ1) is 10.1. The molecule has 2 nitrogen and oxygen atoms in total. The molecule has 2 unspecified atom stereocenters. The van der Waals surface area contributed by atoms with Crippen molar-refractivity contribution in [3.63, 3.8) is 0 Å². The molecule has 0 spiro atoms. The molecule has 1 fully saturated rings. The van der Waals surface area contributed by atoms with Crippen LogP contribution in [0.5, 0.6) is 5.75 Å². The van der Waals surface area contributed by atoms with E-state index in [1.165, 1.54) is 0 Å². The molecule has 0 bridgehead atoms. The molecule has 0 amide bonds. The van der Waals surface area contributed by atoms with E-state index in [1.807, 2.05) is 0 Å². The van der Waals surface area contributed by atoms with Crippen LogP contribution in [0.2, 0.25) is 5.02 Å². The summed E-state index contributed by atoms with van der Waals surface area (Å²) >= 11 is 5.83. The first kappa shape index (κ1) is 16.6. The summed E-state index contributed by atoms with van der Waals surface area (Å²) in [7, 11) is 0. The Morgan fingerprint density at radius 2 is 2.05 bits per heavy atom. The summed E-state index contributed by atoms with van der Waals surface area (Å²) in [6.07, 6.45) is 4.15.